The van der Waals surface area contributed by atoms with Crippen molar-refractivity contribution in [2.75, 3.05) is 7.11 Å². The minimum Gasteiger partial charge on any atom is -0.497 e. The first-order valence-corrected chi connectivity index (χ1v) is 7.91. The molecule has 2 aromatic carbocycles. The van der Waals surface area contributed by atoms with Crippen LogP contribution in [0.3, 0.4) is 0 Å². The number of nitro groups is 1. The maximum Gasteiger partial charge on any atom is 0.270 e. The zero-order chi connectivity index (χ0) is 17.8. The van der Waals surface area contributed by atoms with Gasteiger partial charge in [-0.15, -0.1) is 0 Å². The van der Waals surface area contributed by atoms with E-state index in [4.69, 9.17) is 4.74 Å². The van der Waals surface area contributed by atoms with Crippen molar-refractivity contribution in [2.24, 2.45) is 0 Å². The van der Waals surface area contributed by atoms with Gasteiger partial charge in [0.1, 0.15) is 5.75 Å². The van der Waals surface area contributed by atoms with E-state index in [0.717, 1.165) is 16.9 Å². The van der Waals surface area contributed by atoms with Crippen molar-refractivity contribution >= 4 is 23.6 Å². The number of methoxy groups -OCH3 is 1. The Kier molecular flexibility index (Phi) is 4.75. The Morgan fingerprint density at radius 1 is 1.00 bits per heavy atom. The molecule has 0 radical (unpaired) electrons. The lowest BCUT2D eigenvalue weighted by Gasteiger charge is -2.00. The van der Waals surface area contributed by atoms with Gasteiger partial charge in [0.2, 0.25) is 0 Å². The van der Waals surface area contributed by atoms with Crippen molar-refractivity contribution in [3.8, 4) is 5.75 Å². The number of ether oxygens (including phenoxy) is 1. The predicted octanol–water partition coefficient (Wildman–Crippen LogP) is 4.43. The Bertz CT molecular complexity index is 879. The van der Waals surface area contributed by atoms with Gasteiger partial charge in [0.05, 0.1) is 12.0 Å². The Balaban J connectivity index is 1.82. The molecule has 0 unspecified atom stereocenters. The molecule has 0 bridgehead atoms. The Morgan fingerprint density at radius 3 is 2.24 bits per heavy atom. The number of ketones is 1. The standard InChI is InChI=1S/C20H17NO4/c1-25-19-9-5-14(6-10-19)11-16-7-8-17(20(16)22)12-15-3-2-4-18(13-15)21(23)24/h2-6,9-13H,7-8H2,1H3/b16-11-,17-12+. The number of benzene rings is 2. The number of nitro benzene ring substituents is 1. The van der Waals surface area contributed by atoms with E-state index in [-0.39, 0.29) is 11.5 Å². The molecule has 25 heavy (non-hydrogen) atoms. The number of carbonyl (C=O) groups is 1. The molecule has 1 aliphatic rings. The van der Waals surface area contributed by atoms with E-state index < -0.39 is 4.92 Å². The molecule has 126 valence electrons. The summed E-state index contributed by atoms with van der Waals surface area (Å²) in [6.45, 7) is 0. The van der Waals surface area contributed by atoms with E-state index in [1.54, 1.807) is 25.3 Å². The second-order valence-corrected chi connectivity index (χ2v) is 5.79. The SMILES string of the molecule is COc1ccc(/C=C2/CC/C(=C\c3cccc([N+](=O)[O-])c3)C2=O)cc1. The molecular weight excluding hydrogens is 318 g/mol. The zero-order valence-electron chi connectivity index (χ0n) is 13.8. The topological polar surface area (TPSA) is 69.4 Å². The molecule has 1 fully saturated rings. The largest absolute Gasteiger partial charge is 0.497 e. The quantitative estimate of drug-likeness (QED) is 0.471. The highest BCUT2D eigenvalue weighted by Crippen LogP contribution is 2.30. The van der Waals surface area contributed by atoms with E-state index >= 15 is 0 Å². The third-order valence-corrected chi connectivity index (χ3v) is 4.13. The van der Waals surface area contributed by atoms with Gasteiger partial charge in [0.25, 0.3) is 5.69 Å². The summed E-state index contributed by atoms with van der Waals surface area (Å²) in [5, 5.41) is 10.9. The number of rotatable bonds is 4. The number of hydrogen-bond donors (Lipinski definition) is 0. The molecule has 1 aliphatic carbocycles. The summed E-state index contributed by atoms with van der Waals surface area (Å²) in [6.07, 6.45) is 4.94. The molecule has 0 heterocycles. The van der Waals surface area contributed by atoms with Crippen molar-refractivity contribution in [3.05, 3.63) is 80.9 Å². The summed E-state index contributed by atoms with van der Waals surface area (Å²) in [4.78, 5) is 23.0. The lowest BCUT2D eigenvalue weighted by atomic mass is 10.1. The van der Waals surface area contributed by atoms with E-state index in [2.05, 4.69) is 0 Å². The van der Waals surface area contributed by atoms with E-state index in [1.165, 1.54) is 12.1 Å². The molecule has 3 rings (SSSR count). The summed E-state index contributed by atoms with van der Waals surface area (Å²) in [5.74, 6) is 0.772. The first-order valence-electron chi connectivity index (χ1n) is 7.91. The fourth-order valence-electron chi connectivity index (χ4n) is 2.81. The molecule has 0 amide bonds. The van der Waals surface area contributed by atoms with Gasteiger partial charge in [-0.1, -0.05) is 24.3 Å². The molecular formula is C20H17NO4. The average Bonchev–Trinajstić information content (AvgIpc) is 2.96. The molecule has 1 saturated carbocycles. The zero-order valence-corrected chi connectivity index (χ0v) is 13.8. The van der Waals surface area contributed by atoms with Gasteiger partial charge in [-0.2, -0.15) is 0 Å². The van der Waals surface area contributed by atoms with Crippen LogP contribution in [0.25, 0.3) is 12.2 Å². The Labute approximate surface area is 145 Å². The molecule has 2 aromatic rings. The summed E-state index contributed by atoms with van der Waals surface area (Å²) >= 11 is 0. The Morgan fingerprint density at radius 2 is 1.64 bits per heavy atom. The van der Waals surface area contributed by atoms with Crippen LogP contribution in [0.5, 0.6) is 5.75 Å². The molecule has 0 aromatic heterocycles. The third kappa shape index (κ3) is 3.83. The van der Waals surface area contributed by atoms with Gasteiger partial charge in [-0.3, -0.25) is 14.9 Å². The molecule has 5 nitrogen and oxygen atoms in total. The van der Waals surface area contributed by atoms with Crippen LogP contribution in [-0.2, 0) is 4.79 Å². The molecule has 0 saturated heterocycles. The number of carbonyl (C=O) groups excluding carboxylic acids is 1. The second kappa shape index (κ2) is 7.13. The minimum atomic E-state index is -0.437. The van der Waals surface area contributed by atoms with Gasteiger partial charge in [-0.25, -0.2) is 0 Å². The number of nitrogens with zero attached hydrogens (tertiary/aromatic N) is 1. The van der Waals surface area contributed by atoms with Crippen LogP contribution in [0, 0.1) is 10.1 Å². The van der Waals surface area contributed by atoms with Gasteiger partial charge in [-0.05, 0) is 48.3 Å². The highest BCUT2D eigenvalue weighted by Gasteiger charge is 2.23. The number of non-ortho nitro benzene ring substituents is 1. The van der Waals surface area contributed by atoms with E-state index in [0.29, 0.717) is 24.0 Å². The highest BCUT2D eigenvalue weighted by molar-refractivity contribution is 6.15. The Hall–Kier alpha value is -3.21. The average molecular weight is 335 g/mol. The summed E-state index contributed by atoms with van der Waals surface area (Å²) < 4.78 is 5.13. The van der Waals surface area contributed by atoms with Gasteiger partial charge in [0, 0.05) is 23.3 Å². The first kappa shape index (κ1) is 16.6. The van der Waals surface area contributed by atoms with Crippen LogP contribution in [-0.4, -0.2) is 17.8 Å². The third-order valence-electron chi connectivity index (χ3n) is 4.13. The maximum absolute atomic E-state index is 12.6. The normalized spacial score (nSPS) is 17.2. The molecule has 0 spiro atoms. The van der Waals surface area contributed by atoms with Crippen LogP contribution < -0.4 is 4.74 Å². The van der Waals surface area contributed by atoms with Gasteiger partial charge < -0.3 is 4.74 Å². The fraction of sp³-hybridized carbons (Fsp3) is 0.150. The van der Waals surface area contributed by atoms with E-state index in [9.17, 15) is 14.9 Å². The molecule has 0 aliphatic heterocycles. The fourth-order valence-corrected chi connectivity index (χ4v) is 2.81. The van der Waals surface area contributed by atoms with Gasteiger partial charge in [0.15, 0.2) is 5.78 Å². The minimum absolute atomic E-state index is 0.00215. The van der Waals surface area contributed by atoms with Crippen LogP contribution in [0.1, 0.15) is 24.0 Å². The monoisotopic (exact) mass is 335 g/mol. The lowest BCUT2D eigenvalue weighted by molar-refractivity contribution is -0.384. The number of allylic oxidation sites excluding steroid dienone is 2. The van der Waals surface area contributed by atoms with Crippen LogP contribution in [0.4, 0.5) is 5.69 Å². The van der Waals surface area contributed by atoms with E-state index in [1.807, 2.05) is 30.3 Å². The van der Waals surface area contributed by atoms with Crippen LogP contribution in [0.2, 0.25) is 0 Å². The highest BCUT2D eigenvalue weighted by atomic mass is 16.6. The summed E-state index contributed by atoms with van der Waals surface area (Å²) in [6, 6.07) is 13.8. The summed E-state index contributed by atoms with van der Waals surface area (Å²) in [7, 11) is 1.61. The predicted molar refractivity (Wildman–Crippen MR) is 96.3 cm³/mol. The molecule has 0 atom stereocenters. The first-order chi connectivity index (χ1) is 12.1. The van der Waals surface area contributed by atoms with Crippen LogP contribution >= 0.6 is 0 Å². The molecule has 0 N–H and O–H groups in total. The lowest BCUT2D eigenvalue weighted by Crippen LogP contribution is -1.96. The maximum atomic E-state index is 12.6. The van der Waals surface area contributed by atoms with Crippen molar-refractivity contribution in [3.63, 3.8) is 0 Å². The number of hydrogen-bond acceptors (Lipinski definition) is 4. The summed E-state index contributed by atoms with van der Waals surface area (Å²) in [5.41, 5.74) is 3.07. The van der Waals surface area contributed by atoms with Crippen molar-refractivity contribution in [1.82, 2.24) is 0 Å². The second-order valence-electron chi connectivity index (χ2n) is 5.79. The van der Waals surface area contributed by atoms with Crippen molar-refractivity contribution in [1.29, 1.82) is 0 Å². The smallest absolute Gasteiger partial charge is 0.270 e. The number of Topliss-reactive ketones (excluding diaryl/α,β-unsaturated/α-hetero) is 1. The van der Waals surface area contributed by atoms with Crippen molar-refractivity contribution < 1.29 is 14.5 Å². The molecule has 5 heteroatoms. The van der Waals surface area contributed by atoms with Gasteiger partial charge >= 0.3 is 0 Å². The van der Waals surface area contributed by atoms with Crippen molar-refractivity contribution in [2.45, 2.75) is 12.8 Å². The van der Waals surface area contributed by atoms with Crippen LogP contribution in [0.15, 0.2) is 59.7 Å².